The van der Waals surface area contributed by atoms with Crippen molar-refractivity contribution in [3.8, 4) is 0 Å². The fourth-order valence-corrected chi connectivity index (χ4v) is 2.25. The first-order valence-corrected chi connectivity index (χ1v) is 7.30. The summed E-state index contributed by atoms with van der Waals surface area (Å²) in [7, 11) is 0. The number of nitrogens with one attached hydrogen (secondary N) is 1. The van der Waals surface area contributed by atoms with E-state index in [1.807, 2.05) is 6.07 Å². The molecule has 1 N–H and O–H groups in total. The smallest absolute Gasteiger partial charge is 0.135 e. The highest BCUT2D eigenvalue weighted by atomic mass is 15.2. The van der Waals surface area contributed by atoms with Gasteiger partial charge < -0.3 is 10.2 Å². The van der Waals surface area contributed by atoms with Crippen molar-refractivity contribution in [1.82, 2.24) is 4.98 Å². The molecule has 0 spiro atoms. The highest BCUT2D eigenvalue weighted by molar-refractivity contribution is 5.64. The Hall–Kier alpha value is -2.03. The first-order chi connectivity index (χ1) is 9.76. The number of hydrogen-bond acceptors (Lipinski definition) is 3. The first-order valence-electron chi connectivity index (χ1n) is 7.30. The summed E-state index contributed by atoms with van der Waals surface area (Å²) in [4.78, 5) is 6.96. The number of hydrogen-bond donors (Lipinski definition) is 1. The third-order valence-corrected chi connectivity index (χ3v) is 3.29. The molecule has 0 saturated carbocycles. The Morgan fingerprint density at radius 3 is 2.55 bits per heavy atom. The van der Waals surface area contributed by atoms with Crippen molar-refractivity contribution in [3.63, 3.8) is 0 Å². The van der Waals surface area contributed by atoms with E-state index in [2.05, 4.69) is 67.4 Å². The molecule has 1 aromatic carbocycles. The van der Waals surface area contributed by atoms with Gasteiger partial charge in [-0.2, -0.15) is 0 Å². The van der Waals surface area contributed by atoms with E-state index in [0.717, 1.165) is 31.1 Å². The summed E-state index contributed by atoms with van der Waals surface area (Å²) < 4.78 is 0. The topological polar surface area (TPSA) is 28.2 Å². The second-order valence-corrected chi connectivity index (χ2v) is 4.84. The Labute approximate surface area is 121 Å². The van der Waals surface area contributed by atoms with Gasteiger partial charge in [-0.15, -0.1) is 0 Å². The average Bonchev–Trinajstić information content (AvgIpc) is 2.48. The van der Waals surface area contributed by atoms with Gasteiger partial charge in [0.05, 0.1) is 0 Å². The van der Waals surface area contributed by atoms with Crippen LogP contribution >= 0.6 is 0 Å². The van der Waals surface area contributed by atoms with E-state index in [-0.39, 0.29) is 0 Å². The molecule has 0 atom stereocenters. The lowest BCUT2D eigenvalue weighted by Gasteiger charge is -2.24. The molecule has 106 valence electrons. The summed E-state index contributed by atoms with van der Waals surface area (Å²) in [6.07, 6.45) is 1.10. The van der Waals surface area contributed by atoms with Crippen molar-refractivity contribution in [3.05, 3.63) is 48.0 Å². The number of nitrogens with zero attached hydrogens (tertiary/aromatic N) is 2. The summed E-state index contributed by atoms with van der Waals surface area (Å²) in [6, 6.07) is 14.6. The van der Waals surface area contributed by atoms with E-state index in [9.17, 15) is 0 Å². The van der Waals surface area contributed by atoms with Gasteiger partial charge in [0, 0.05) is 18.8 Å². The number of para-hydroxylation sites is 1. The Bertz CT molecular complexity index is 551. The molecule has 0 aliphatic carbocycles. The molecule has 20 heavy (non-hydrogen) atoms. The van der Waals surface area contributed by atoms with E-state index in [1.54, 1.807) is 0 Å². The SMILES string of the molecule is CCCNc1cccc(N(CC)c2ccccc2C)n1. The van der Waals surface area contributed by atoms with Crippen LogP contribution in [0.2, 0.25) is 0 Å². The molecule has 0 fully saturated rings. The van der Waals surface area contributed by atoms with Crippen LogP contribution in [0.3, 0.4) is 0 Å². The van der Waals surface area contributed by atoms with Gasteiger partial charge in [0.1, 0.15) is 11.6 Å². The van der Waals surface area contributed by atoms with Crippen LogP contribution in [0.4, 0.5) is 17.3 Å². The van der Waals surface area contributed by atoms with Gasteiger partial charge in [-0.3, -0.25) is 0 Å². The highest BCUT2D eigenvalue weighted by Crippen LogP contribution is 2.27. The summed E-state index contributed by atoms with van der Waals surface area (Å²) >= 11 is 0. The fraction of sp³-hybridized carbons (Fsp3) is 0.353. The van der Waals surface area contributed by atoms with Crippen molar-refractivity contribution in [2.75, 3.05) is 23.3 Å². The van der Waals surface area contributed by atoms with E-state index < -0.39 is 0 Å². The van der Waals surface area contributed by atoms with Gasteiger partial charge in [0.15, 0.2) is 0 Å². The minimum Gasteiger partial charge on any atom is -0.370 e. The molecule has 3 heteroatoms. The van der Waals surface area contributed by atoms with Crippen molar-refractivity contribution in [2.45, 2.75) is 27.2 Å². The summed E-state index contributed by atoms with van der Waals surface area (Å²) in [5.41, 5.74) is 2.48. The second kappa shape index (κ2) is 6.94. The van der Waals surface area contributed by atoms with Gasteiger partial charge >= 0.3 is 0 Å². The minimum atomic E-state index is 0.898. The maximum absolute atomic E-state index is 4.71. The van der Waals surface area contributed by atoms with Gasteiger partial charge in [-0.05, 0) is 44.0 Å². The normalized spacial score (nSPS) is 10.3. The third kappa shape index (κ3) is 3.29. The minimum absolute atomic E-state index is 0.898. The molecular weight excluding hydrogens is 246 g/mol. The Kier molecular flexibility index (Phi) is 4.99. The predicted octanol–water partition coefficient (Wildman–Crippen LogP) is 4.37. The van der Waals surface area contributed by atoms with Gasteiger partial charge in [-0.1, -0.05) is 31.2 Å². The Balaban J connectivity index is 2.30. The van der Waals surface area contributed by atoms with Crippen LogP contribution in [0.15, 0.2) is 42.5 Å². The predicted molar refractivity (Wildman–Crippen MR) is 86.9 cm³/mol. The average molecular weight is 269 g/mol. The molecule has 0 radical (unpaired) electrons. The zero-order valence-corrected chi connectivity index (χ0v) is 12.6. The number of pyridine rings is 1. The lowest BCUT2D eigenvalue weighted by Crippen LogP contribution is -2.18. The molecule has 0 aliphatic rings. The van der Waals surface area contributed by atoms with Gasteiger partial charge in [-0.25, -0.2) is 4.98 Å². The van der Waals surface area contributed by atoms with Crippen molar-refractivity contribution < 1.29 is 0 Å². The quantitative estimate of drug-likeness (QED) is 0.844. The molecule has 0 saturated heterocycles. The molecule has 0 aliphatic heterocycles. The monoisotopic (exact) mass is 269 g/mol. The largest absolute Gasteiger partial charge is 0.370 e. The zero-order valence-electron chi connectivity index (χ0n) is 12.6. The molecule has 3 nitrogen and oxygen atoms in total. The third-order valence-electron chi connectivity index (χ3n) is 3.29. The van der Waals surface area contributed by atoms with Crippen LogP contribution in [0, 0.1) is 6.92 Å². The van der Waals surface area contributed by atoms with Crippen LogP contribution < -0.4 is 10.2 Å². The van der Waals surface area contributed by atoms with Crippen LogP contribution in [-0.4, -0.2) is 18.1 Å². The fourth-order valence-electron chi connectivity index (χ4n) is 2.25. The summed E-state index contributed by atoms with van der Waals surface area (Å²) in [5, 5.41) is 3.34. The molecule has 0 amide bonds. The zero-order chi connectivity index (χ0) is 14.4. The van der Waals surface area contributed by atoms with E-state index in [4.69, 9.17) is 4.98 Å². The highest BCUT2D eigenvalue weighted by Gasteiger charge is 2.10. The lowest BCUT2D eigenvalue weighted by molar-refractivity contribution is 0.953. The maximum Gasteiger partial charge on any atom is 0.135 e. The Morgan fingerprint density at radius 1 is 1.05 bits per heavy atom. The molecule has 2 rings (SSSR count). The molecule has 1 aromatic heterocycles. The summed E-state index contributed by atoms with van der Waals surface area (Å²) in [6.45, 7) is 8.29. The molecule has 0 unspecified atom stereocenters. The van der Waals surface area contributed by atoms with Crippen LogP contribution in [-0.2, 0) is 0 Å². The van der Waals surface area contributed by atoms with Gasteiger partial charge in [0.2, 0.25) is 0 Å². The van der Waals surface area contributed by atoms with Crippen LogP contribution in [0.5, 0.6) is 0 Å². The van der Waals surface area contributed by atoms with E-state index >= 15 is 0 Å². The first kappa shape index (κ1) is 14.4. The van der Waals surface area contributed by atoms with Crippen molar-refractivity contribution in [1.29, 1.82) is 0 Å². The number of rotatable bonds is 6. The molecule has 0 bridgehead atoms. The van der Waals surface area contributed by atoms with E-state index in [1.165, 1.54) is 11.3 Å². The number of benzene rings is 1. The molecular formula is C17H23N3. The van der Waals surface area contributed by atoms with Crippen molar-refractivity contribution in [2.24, 2.45) is 0 Å². The molecule has 2 aromatic rings. The summed E-state index contributed by atoms with van der Waals surface area (Å²) in [5.74, 6) is 1.93. The second-order valence-electron chi connectivity index (χ2n) is 4.84. The van der Waals surface area contributed by atoms with Gasteiger partial charge in [0.25, 0.3) is 0 Å². The number of anilines is 3. The Morgan fingerprint density at radius 2 is 1.85 bits per heavy atom. The lowest BCUT2D eigenvalue weighted by atomic mass is 10.2. The number of aryl methyl sites for hydroxylation is 1. The van der Waals surface area contributed by atoms with Crippen molar-refractivity contribution >= 4 is 17.3 Å². The van der Waals surface area contributed by atoms with Crippen LogP contribution in [0.1, 0.15) is 25.8 Å². The molecule has 1 heterocycles. The maximum atomic E-state index is 4.71. The standard InChI is InChI=1S/C17H23N3/c1-4-13-18-16-11-8-12-17(19-16)20(5-2)15-10-7-6-9-14(15)3/h6-12H,4-5,13H2,1-3H3,(H,18,19). The van der Waals surface area contributed by atoms with Crippen LogP contribution in [0.25, 0.3) is 0 Å². The van der Waals surface area contributed by atoms with E-state index in [0.29, 0.717) is 0 Å². The number of aromatic nitrogens is 1.